The lowest BCUT2D eigenvalue weighted by Gasteiger charge is -2.11. The van der Waals surface area contributed by atoms with Crippen molar-refractivity contribution in [3.05, 3.63) is 57.3 Å². The zero-order chi connectivity index (χ0) is 14.9. The van der Waals surface area contributed by atoms with Gasteiger partial charge >= 0.3 is 0 Å². The van der Waals surface area contributed by atoms with Crippen molar-refractivity contribution in [1.82, 2.24) is 0 Å². The molecular formula is C13H8Cl2F3NO. The summed E-state index contributed by atoms with van der Waals surface area (Å²) in [6.45, 7) is -0.000801. The first kappa shape index (κ1) is 14.8. The number of nitrogens with one attached hydrogen (secondary N) is 1. The van der Waals surface area contributed by atoms with Crippen LogP contribution in [0, 0.1) is 17.5 Å². The van der Waals surface area contributed by atoms with E-state index in [1.807, 2.05) is 0 Å². The quantitative estimate of drug-likeness (QED) is 0.856. The molecule has 7 heteroatoms. The molecular weight excluding hydrogens is 314 g/mol. The lowest BCUT2D eigenvalue weighted by molar-refractivity contribution is 0.395. The van der Waals surface area contributed by atoms with E-state index in [0.717, 1.165) is 24.3 Å². The number of phenols is 1. The van der Waals surface area contributed by atoms with E-state index in [9.17, 15) is 13.2 Å². The van der Waals surface area contributed by atoms with Crippen molar-refractivity contribution < 1.29 is 18.3 Å². The fourth-order valence-corrected chi connectivity index (χ4v) is 2.22. The molecule has 0 aromatic heterocycles. The van der Waals surface area contributed by atoms with Crippen LogP contribution in [0.15, 0.2) is 24.3 Å². The first-order valence-electron chi connectivity index (χ1n) is 5.44. The maximum Gasteiger partial charge on any atom is 0.187 e. The smallest absolute Gasteiger partial charge is 0.187 e. The van der Waals surface area contributed by atoms with Gasteiger partial charge in [0.1, 0.15) is 5.82 Å². The predicted octanol–water partition coefficient (Wildman–Crippen LogP) is 4.73. The summed E-state index contributed by atoms with van der Waals surface area (Å²) in [6, 6.07) is 4.06. The summed E-state index contributed by atoms with van der Waals surface area (Å²) in [6.07, 6.45) is 0. The number of hydrogen-bond acceptors (Lipinski definition) is 2. The van der Waals surface area contributed by atoms with Crippen molar-refractivity contribution in [2.24, 2.45) is 0 Å². The van der Waals surface area contributed by atoms with Gasteiger partial charge in [-0.25, -0.2) is 13.2 Å². The van der Waals surface area contributed by atoms with Crippen molar-refractivity contribution in [3.8, 4) is 5.75 Å². The molecule has 2 aromatic rings. The number of phenolic OH excluding ortho intramolecular Hbond substituents is 1. The van der Waals surface area contributed by atoms with Gasteiger partial charge in [0.2, 0.25) is 0 Å². The van der Waals surface area contributed by atoms with Crippen molar-refractivity contribution in [3.63, 3.8) is 0 Å². The first-order valence-corrected chi connectivity index (χ1v) is 6.19. The monoisotopic (exact) mass is 321 g/mol. The van der Waals surface area contributed by atoms with Gasteiger partial charge < -0.3 is 10.4 Å². The van der Waals surface area contributed by atoms with E-state index in [-0.39, 0.29) is 27.8 Å². The van der Waals surface area contributed by atoms with Crippen LogP contribution in [0.1, 0.15) is 5.56 Å². The summed E-state index contributed by atoms with van der Waals surface area (Å²) < 4.78 is 39.3. The Labute approximate surface area is 122 Å². The molecule has 0 aliphatic heterocycles. The minimum absolute atomic E-state index is 0.000801. The Kier molecular flexibility index (Phi) is 4.30. The van der Waals surface area contributed by atoms with E-state index >= 15 is 0 Å². The van der Waals surface area contributed by atoms with Gasteiger partial charge in [-0.05, 0) is 29.8 Å². The predicted molar refractivity (Wildman–Crippen MR) is 71.8 cm³/mol. The number of anilines is 1. The fourth-order valence-electron chi connectivity index (χ4n) is 1.62. The summed E-state index contributed by atoms with van der Waals surface area (Å²) in [4.78, 5) is 0. The Morgan fingerprint density at radius 3 is 1.95 bits per heavy atom. The van der Waals surface area contributed by atoms with Crippen LogP contribution in [0.4, 0.5) is 18.9 Å². The maximum absolute atomic E-state index is 13.2. The molecule has 0 atom stereocenters. The minimum Gasteiger partial charge on any atom is -0.503 e. The highest BCUT2D eigenvalue weighted by Crippen LogP contribution is 2.32. The standard InChI is InChI=1S/C13H8Cl2F3NO/c14-8-3-7(16)4-9(15)12(8)19-5-6-1-10(17)13(20)11(18)2-6/h1-4,19-20H,5H2. The Hall–Kier alpha value is -1.59. The molecule has 106 valence electrons. The molecule has 0 heterocycles. The third kappa shape index (κ3) is 3.11. The SMILES string of the molecule is Oc1c(F)cc(CNc2c(Cl)cc(F)cc2Cl)cc1F. The summed E-state index contributed by atoms with van der Waals surface area (Å²) in [5, 5.41) is 11.8. The zero-order valence-electron chi connectivity index (χ0n) is 9.85. The number of halogens is 5. The van der Waals surface area contributed by atoms with Crippen LogP contribution in [0.3, 0.4) is 0 Å². The van der Waals surface area contributed by atoms with Crippen LogP contribution in [-0.4, -0.2) is 5.11 Å². The summed E-state index contributed by atoms with van der Waals surface area (Å²) in [7, 11) is 0. The third-order valence-electron chi connectivity index (χ3n) is 2.55. The van der Waals surface area contributed by atoms with Crippen LogP contribution >= 0.6 is 23.2 Å². The summed E-state index contributed by atoms with van der Waals surface area (Å²) in [5.74, 6) is -3.77. The fraction of sp³-hybridized carbons (Fsp3) is 0.0769. The molecule has 0 saturated carbocycles. The molecule has 0 aliphatic carbocycles. The van der Waals surface area contributed by atoms with E-state index in [4.69, 9.17) is 28.3 Å². The van der Waals surface area contributed by atoms with Gasteiger partial charge in [0.25, 0.3) is 0 Å². The molecule has 0 saturated heterocycles. The molecule has 0 aliphatic rings. The first-order chi connectivity index (χ1) is 9.38. The molecule has 0 bridgehead atoms. The number of rotatable bonds is 3. The molecule has 0 radical (unpaired) electrons. The van der Waals surface area contributed by atoms with E-state index < -0.39 is 23.2 Å². The average molecular weight is 322 g/mol. The van der Waals surface area contributed by atoms with E-state index in [1.165, 1.54) is 0 Å². The zero-order valence-corrected chi connectivity index (χ0v) is 11.4. The largest absolute Gasteiger partial charge is 0.503 e. The third-order valence-corrected chi connectivity index (χ3v) is 3.15. The van der Waals surface area contributed by atoms with Gasteiger partial charge in [-0.3, -0.25) is 0 Å². The van der Waals surface area contributed by atoms with Crippen molar-refractivity contribution in [1.29, 1.82) is 0 Å². The van der Waals surface area contributed by atoms with Crippen LogP contribution in [0.2, 0.25) is 10.0 Å². The van der Waals surface area contributed by atoms with Crippen molar-refractivity contribution in [2.45, 2.75) is 6.54 Å². The Bertz CT molecular complexity index is 618. The second kappa shape index (κ2) is 5.81. The highest BCUT2D eigenvalue weighted by molar-refractivity contribution is 6.39. The molecule has 0 spiro atoms. The highest BCUT2D eigenvalue weighted by Gasteiger charge is 2.11. The molecule has 2 nitrogen and oxygen atoms in total. The van der Waals surface area contributed by atoms with Gasteiger partial charge in [-0.1, -0.05) is 23.2 Å². The molecule has 0 amide bonds. The van der Waals surface area contributed by atoms with E-state index in [1.54, 1.807) is 0 Å². The lowest BCUT2D eigenvalue weighted by Crippen LogP contribution is -2.02. The normalized spacial score (nSPS) is 10.7. The average Bonchev–Trinajstić information content (AvgIpc) is 2.34. The van der Waals surface area contributed by atoms with Crippen molar-refractivity contribution in [2.75, 3.05) is 5.32 Å². The van der Waals surface area contributed by atoms with Gasteiger partial charge in [-0.2, -0.15) is 0 Å². The second-order valence-corrected chi connectivity index (χ2v) is 4.82. The van der Waals surface area contributed by atoms with Crippen molar-refractivity contribution >= 4 is 28.9 Å². The molecule has 20 heavy (non-hydrogen) atoms. The summed E-state index contributed by atoms with van der Waals surface area (Å²) in [5.41, 5.74) is 0.484. The van der Waals surface area contributed by atoms with Gasteiger partial charge in [0.15, 0.2) is 17.4 Å². The van der Waals surface area contributed by atoms with E-state index in [2.05, 4.69) is 5.32 Å². The Morgan fingerprint density at radius 1 is 0.950 bits per heavy atom. The molecule has 2 rings (SSSR count). The molecule has 2 N–H and O–H groups in total. The second-order valence-electron chi connectivity index (χ2n) is 4.01. The minimum atomic E-state index is -1.07. The molecule has 0 fully saturated rings. The number of hydrogen-bond donors (Lipinski definition) is 2. The topological polar surface area (TPSA) is 32.3 Å². The van der Waals surface area contributed by atoms with Gasteiger partial charge in [0, 0.05) is 6.54 Å². The van der Waals surface area contributed by atoms with Crippen LogP contribution in [-0.2, 0) is 6.54 Å². The van der Waals surface area contributed by atoms with Crippen LogP contribution < -0.4 is 5.32 Å². The Balaban J connectivity index is 2.21. The number of benzene rings is 2. The lowest BCUT2D eigenvalue weighted by atomic mass is 10.2. The summed E-state index contributed by atoms with van der Waals surface area (Å²) >= 11 is 11.6. The van der Waals surface area contributed by atoms with Crippen LogP contribution in [0.5, 0.6) is 5.75 Å². The molecule has 2 aromatic carbocycles. The Morgan fingerprint density at radius 2 is 1.45 bits per heavy atom. The molecule has 0 unspecified atom stereocenters. The van der Waals surface area contributed by atoms with Gasteiger partial charge in [0.05, 0.1) is 15.7 Å². The van der Waals surface area contributed by atoms with Crippen LogP contribution in [0.25, 0.3) is 0 Å². The number of aromatic hydroxyl groups is 1. The van der Waals surface area contributed by atoms with Gasteiger partial charge in [-0.15, -0.1) is 0 Å². The van der Waals surface area contributed by atoms with E-state index in [0.29, 0.717) is 0 Å². The highest BCUT2D eigenvalue weighted by atomic mass is 35.5. The maximum atomic E-state index is 13.2.